The number of amides is 1. The Hall–Kier alpha value is -2.09. The first-order valence-electron chi connectivity index (χ1n) is 6.04. The number of aryl methyl sites for hydroxylation is 1. The van der Waals surface area contributed by atoms with Crippen LogP contribution in [0.15, 0.2) is 46.5 Å². The Kier molecular flexibility index (Phi) is 4.79. The maximum atomic E-state index is 12.1. The highest BCUT2D eigenvalue weighted by atomic mass is 127. The summed E-state index contributed by atoms with van der Waals surface area (Å²) in [5.41, 5.74) is 0.176. The highest BCUT2D eigenvalue weighted by Gasteiger charge is 2.15. The van der Waals surface area contributed by atoms with Gasteiger partial charge in [-0.05, 0) is 53.8 Å². The van der Waals surface area contributed by atoms with Gasteiger partial charge in [0, 0.05) is 9.65 Å². The predicted octanol–water partition coefficient (Wildman–Crippen LogP) is 3.05. The SMILES string of the molecule is Cc1ccc(C=C(NC(=O)c2ccccc2I)C(=O)O)o1. The molecule has 0 aliphatic rings. The Morgan fingerprint density at radius 1 is 1.24 bits per heavy atom. The molecule has 0 aliphatic carbocycles. The Bertz CT molecular complexity index is 718. The highest BCUT2D eigenvalue weighted by molar-refractivity contribution is 14.1. The molecule has 0 saturated carbocycles. The first-order valence-corrected chi connectivity index (χ1v) is 7.12. The van der Waals surface area contributed by atoms with E-state index in [1.165, 1.54) is 6.08 Å². The second kappa shape index (κ2) is 6.57. The Balaban J connectivity index is 2.25. The third-order valence-electron chi connectivity index (χ3n) is 2.64. The molecule has 0 radical (unpaired) electrons. The van der Waals surface area contributed by atoms with Crippen LogP contribution in [-0.2, 0) is 4.79 Å². The lowest BCUT2D eigenvalue weighted by Gasteiger charge is -2.07. The quantitative estimate of drug-likeness (QED) is 0.614. The lowest BCUT2D eigenvalue weighted by Crippen LogP contribution is -2.27. The van der Waals surface area contributed by atoms with Crippen LogP contribution < -0.4 is 5.32 Å². The zero-order valence-corrected chi connectivity index (χ0v) is 13.2. The molecule has 0 saturated heterocycles. The van der Waals surface area contributed by atoms with E-state index in [1.807, 2.05) is 22.6 Å². The largest absolute Gasteiger partial charge is 0.477 e. The second-order valence-electron chi connectivity index (χ2n) is 4.25. The number of rotatable bonds is 4. The van der Waals surface area contributed by atoms with Crippen LogP contribution >= 0.6 is 22.6 Å². The average Bonchev–Trinajstić information content (AvgIpc) is 2.83. The number of carbonyl (C=O) groups excluding carboxylic acids is 1. The van der Waals surface area contributed by atoms with Gasteiger partial charge < -0.3 is 14.8 Å². The van der Waals surface area contributed by atoms with Crippen molar-refractivity contribution in [2.75, 3.05) is 0 Å². The third kappa shape index (κ3) is 3.94. The Morgan fingerprint density at radius 2 is 1.95 bits per heavy atom. The van der Waals surface area contributed by atoms with E-state index in [0.29, 0.717) is 17.1 Å². The predicted molar refractivity (Wildman–Crippen MR) is 85.7 cm³/mol. The van der Waals surface area contributed by atoms with Crippen LogP contribution in [-0.4, -0.2) is 17.0 Å². The molecule has 0 aliphatic heterocycles. The highest BCUT2D eigenvalue weighted by Crippen LogP contribution is 2.13. The zero-order chi connectivity index (χ0) is 15.4. The number of hydrogen-bond acceptors (Lipinski definition) is 3. The summed E-state index contributed by atoms with van der Waals surface area (Å²) in [5.74, 6) is -0.678. The smallest absolute Gasteiger partial charge is 0.352 e. The maximum Gasteiger partial charge on any atom is 0.352 e. The van der Waals surface area contributed by atoms with Crippen LogP contribution in [0.4, 0.5) is 0 Å². The molecule has 1 aromatic carbocycles. The van der Waals surface area contributed by atoms with Crippen LogP contribution in [0.25, 0.3) is 6.08 Å². The van der Waals surface area contributed by atoms with Gasteiger partial charge in [-0.15, -0.1) is 0 Å². The lowest BCUT2D eigenvalue weighted by atomic mass is 10.2. The van der Waals surface area contributed by atoms with Crippen molar-refractivity contribution < 1.29 is 19.1 Å². The second-order valence-corrected chi connectivity index (χ2v) is 5.41. The van der Waals surface area contributed by atoms with Crippen LogP contribution in [0.5, 0.6) is 0 Å². The third-order valence-corrected chi connectivity index (χ3v) is 3.59. The first-order chi connectivity index (χ1) is 9.97. The van der Waals surface area contributed by atoms with Crippen molar-refractivity contribution in [3.05, 3.63) is 62.7 Å². The Labute approximate surface area is 134 Å². The van der Waals surface area contributed by atoms with Crippen molar-refractivity contribution in [3.63, 3.8) is 0 Å². The number of hydrogen-bond donors (Lipinski definition) is 2. The minimum Gasteiger partial charge on any atom is -0.477 e. The van der Waals surface area contributed by atoms with Gasteiger partial charge in [0.1, 0.15) is 17.2 Å². The molecule has 1 aromatic heterocycles. The molecule has 2 N–H and O–H groups in total. The summed E-state index contributed by atoms with van der Waals surface area (Å²) in [6, 6.07) is 10.3. The summed E-state index contributed by atoms with van der Waals surface area (Å²) in [6.07, 6.45) is 1.28. The van der Waals surface area contributed by atoms with Gasteiger partial charge in [-0.3, -0.25) is 4.79 Å². The van der Waals surface area contributed by atoms with Crippen LogP contribution in [0.1, 0.15) is 21.9 Å². The topological polar surface area (TPSA) is 79.5 Å². The minimum atomic E-state index is -1.23. The van der Waals surface area contributed by atoms with Gasteiger partial charge in [-0.25, -0.2) is 4.79 Å². The minimum absolute atomic E-state index is 0.242. The van der Waals surface area contributed by atoms with E-state index in [4.69, 9.17) is 4.42 Å². The van der Waals surface area contributed by atoms with E-state index in [0.717, 1.165) is 3.57 Å². The van der Waals surface area contributed by atoms with Gasteiger partial charge in [0.2, 0.25) is 0 Å². The number of halogens is 1. The van der Waals surface area contributed by atoms with Crippen molar-refractivity contribution >= 4 is 40.5 Å². The molecule has 2 aromatic rings. The van der Waals surface area contributed by atoms with Crippen molar-refractivity contribution in [1.82, 2.24) is 5.32 Å². The van der Waals surface area contributed by atoms with Gasteiger partial charge in [0.05, 0.1) is 5.56 Å². The summed E-state index contributed by atoms with van der Waals surface area (Å²) in [7, 11) is 0. The van der Waals surface area contributed by atoms with E-state index in [2.05, 4.69) is 5.32 Å². The van der Waals surface area contributed by atoms with Gasteiger partial charge in [-0.1, -0.05) is 12.1 Å². The number of furan rings is 1. The molecule has 0 spiro atoms. The van der Waals surface area contributed by atoms with Crippen molar-refractivity contribution in [2.24, 2.45) is 0 Å². The number of benzene rings is 1. The molecule has 108 valence electrons. The Morgan fingerprint density at radius 3 is 2.52 bits per heavy atom. The maximum absolute atomic E-state index is 12.1. The summed E-state index contributed by atoms with van der Waals surface area (Å²) >= 11 is 2.02. The molecule has 1 heterocycles. The molecule has 0 bridgehead atoms. The van der Waals surface area contributed by atoms with E-state index < -0.39 is 11.9 Å². The summed E-state index contributed by atoms with van der Waals surface area (Å²) in [5, 5.41) is 11.6. The van der Waals surface area contributed by atoms with Crippen molar-refractivity contribution in [2.45, 2.75) is 6.92 Å². The summed E-state index contributed by atoms with van der Waals surface area (Å²) < 4.78 is 6.02. The standard InChI is InChI=1S/C15H12INO4/c1-9-6-7-10(21-9)8-13(15(19)20)17-14(18)11-4-2-3-5-12(11)16/h2-8H,1H3,(H,17,18)(H,19,20). The zero-order valence-electron chi connectivity index (χ0n) is 11.1. The number of nitrogens with one attached hydrogen (secondary N) is 1. The fourth-order valence-electron chi connectivity index (χ4n) is 1.66. The van der Waals surface area contributed by atoms with Crippen molar-refractivity contribution in [3.8, 4) is 0 Å². The number of carbonyl (C=O) groups is 2. The molecule has 1 amide bonds. The van der Waals surface area contributed by atoms with Gasteiger partial charge >= 0.3 is 5.97 Å². The van der Waals surface area contributed by atoms with Gasteiger partial charge in [0.25, 0.3) is 5.91 Å². The summed E-state index contributed by atoms with van der Waals surface area (Å²) in [4.78, 5) is 23.4. The molecule has 2 rings (SSSR count). The first kappa shape index (κ1) is 15.3. The van der Waals surface area contributed by atoms with Crippen LogP contribution in [0.2, 0.25) is 0 Å². The number of carboxylic acids is 1. The fourth-order valence-corrected chi connectivity index (χ4v) is 2.29. The molecule has 0 unspecified atom stereocenters. The van der Waals surface area contributed by atoms with Gasteiger partial charge in [-0.2, -0.15) is 0 Å². The number of aliphatic carboxylic acids is 1. The van der Waals surface area contributed by atoms with E-state index in [-0.39, 0.29) is 5.70 Å². The van der Waals surface area contributed by atoms with Crippen LogP contribution in [0.3, 0.4) is 0 Å². The summed E-state index contributed by atoms with van der Waals surface area (Å²) in [6.45, 7) is 1.75. The molecule has 6 heteroatoms. The van der Waals surface area contributed by atoms with E-state index in [9.17, 15) is 14.7 Å². The molecular weight excluding hydrogens is 385 g/mol. The number of carboxylic acid groups (broad SMARTS) is 1. The molecule has 0 atom stereocenters. The molecule has 21 heavy (non-hydrogen) atoms. The average molecular weight is 397 g/mol. The lowest BCUT2D eigenvalue weighted by molar-refractivity contribution is -0.132. The van der Waals surface area contributed by atoms with E-state index >= 15 is 0 Å². The van der Waals surface area contributed by atoms with E-state index in [1.54, 1.807) is 43.3 Å². The van der Waals surface area contributed by atoms with Gasteiger partial charge in [0.15, 0.2) is 0 Å². The fraction of sp³-hybridized carbons (Fsp3) is 0.0667. The molecule has 5 nitrogen and oxygen atoms in total. The monoisotopic (exact) mass is 397 g/mol. The normalized spacial score (nSPS) is 11.2. The molecular formula is C15H12INO4. The van der Waals surface area contributed by atoms with Crippen LogP contribution in [0, 0.1) is 10.5 Å². The molecule has 0 fully saturated rings. The van der Waals surface area contributed by atoms with Crippen molar-refractivity contribution in [1.29, 1.82) is 0 Å².